The summed E-state index contributed by atoms with van der Waals surface area (Å²) < 4.78 is 8.77. The summed E-state index contributed by atoms with van der Waals surface area (Å²) in [6.45, 7) is 6.70. The van der Waals surface area contributed by atoms with E-state index in [0.717, 1.165) is 17.5 Å². The van der Waals surface area contributed by atoms with Crippen LogP contribution in [-0.4, -0.2) is 54.2 Å². The topological polar surface area (TPSA) is 109 Å². The molecule has 4 rings (SSSR count). The average Bonchev–Trinajstić information content (AvgIpc) is 3.38. The van der Waals surface area contributed by atoms with Crippen LogP contribution >= 0.6 is 0 Å². The van der Waals surface area contributed by atoms with Crippen molar-refractivity contribution in [3.05, 3.63) is 36.4 Å². The van der Waals surface area contributed by atoms with Crippen molar-refractivity contribution in [2.75, 3.05) is 13.1 Å². The van der Waals surface area contributed by atoms with Crippen LogP contribution in [0.4, 0.5) is 4.79 Å². The molecule has 0 aliphatic carbocycles. The minimum Gasteiger partial charge on any atom is -0.506 e. The first kappa shape index (κ1) is 18.8. The second kappa shape index (κ2) is 6.81. The Morgan fingerprint density at radius 1 is 1.28 bits per heavy atom. The average molecular weight is 394 g/mol. The number of carbonyl (C=O) groups excluding carboxylic acids is 1. The van der Waals surface area contributed by atoms with E-state index in [1.54, 1.807) is 23.4 Å². The van der Waals surface area contributed by atoms with Crippen molar-refractivity contribution in [3.8, 4) is 22.9 Å². The van der Waals surface area contributed by atoms with Crippen molar-refractivity contribution < 1.29 is 14.6 Å². The Morgan fingerprint density at radius 2 is 2.07 bits per heavy atom. The summed E-state index contributed by atoms with van der Waals surface area (Å²) in [6, 6.07) is 3.67. The van der Waals surface area contributed by atoms with E-state index in [1.807, 2.05) is 37.7 Å². The van der Waals surface area contributed by atoms with Crippen LogP contribution in [0, 0.1) is 11.3 Å². The Kier molecular flexibility index (Phi) is 4.42. The van der Waals surface area contributed by atoms with Gasteiger partial charge in [-0.25, -0.2) is 9.31 Å². The van der Waals surface area contributed by atoms with Crippen LogP contribution in [0.25, 0.3) is 16.6 Å². The molecule has 0 saturated carbocycles. The van der Waals surface area contributed by atoms with E-state index in [-0.39, 0.29) is 17.9 Å². The van der Waals surface area contributed by atoms with E-state index in [1.165, 1.54) is 10.7 Å². The maximum atomic E-state index is 12.3. The Balaban J connectivity index is 1.53. The quantitative estimate of drug-likeness (QED) is 0.716. The number of ether oxygens (including phenoxy) is 1. The molecule has 3 aromatic rings. The van der Waals surface area contributed by atoms with Crippen LogP contribution in [0.1, 0.15) is 38.8 Å². The summed E-state index contributed by atoms with van der Waals surface area (Å²) in [4.78, 5) is 14.0. The van der Waals surface area contributed by atoms with Crippen LogP contribution in [0.3, 0.4) is 0 Å². The summed E-state index contributed by atoms with van der Waals surface area (Å²) in [6.07, 6.45) is 7.25. The van der Waals surface area contributed by atoms with Gasteiger partial charge in [0.05, 0.1) is 18.4 Å². The number of hydrogen-bond donors (Lipinski definition) is 1. The fraction of sp³-hybridized carbons (Fsp3) is 0.400. The van der Waals surface area contributed by atoms with Crippen LogP contribution in [0.2, 0.25) is 0 Å². The first-order chi connectivity index (χ1) is 13.7. The third-order valence-corrected chi connectivity index (χ3v) is 4.84. The minimum atomic E-state index is -0.521. The number of carbonyl (C=O) groups is 1. The molecule has 9 heteroatoms. The molecule has 3 aromatic heterocycles. The molecule has 9 nitrogen and oxygen atoms in total. The van der Waals surface area contributed by atoms with Gasteiger partial charge >= 0.3 is 6.09 Å². The van der Waals surface area contributed by atoms with Gasteiger partial charge in [0, 0.05) is 36.6 Å². The van der Waals surface area contributed by atoms with E-state index in [4.69, 9.17) is 10.00 Å². The fourth-order valence-corrected chi connectivity index (χ4v) is 3.48. The van der Waals surface area contributed by atoms with E-state index in [2.05, 4.69) is 10.2 Å². The van der Waals surface area contributed by atoms with Gasteiger partial charge in [-0.05, 0) is 33.3 Å². The summed E-state index contributed by atoms with van der Waals surface area (Å²) in [5, 5.41) is 28.0. The van der Waals surface area contributed by atoms with Gasteiger partial charge in [-0.15, -0.1) is 0 Å². The number of aromatic nitrogens is 4. The first-order valence-corrected chi connectivity index (χ1v) is 9.38. The normalized spacial score (nSPS) is 16.9. The van der Waals surface area contributed by atoms with Gasteiger partial charge in [0.2, 0.25) is 0 Å². The van der Waals surface area contributed by atoms with Crippen LogP contribution in [0.15, 0.2) is 30.9 Å². The van der Waals surface area contributed by atoms with E-state index < -0.39 is 5.60 Å². The maximum absolute atomic E-state index is 12.3. The second-order valence-electron chi connectivity index (χ2n) is 8.16. The van der Waals surface area contributed by atoms with Crippen LogP contribution in [-0.2, 0) is 4.74 Å². The predicted octanol–water partition coefficient (Wildman–Crippen LogP) is 2.96. The molecule has 4 heterocycles. The highest BCUT2D eigenvalue weighted by molar-refractivity contribution is 5.74. The van der Waals surface area contributed by atoms with Gasteiger partial charge in [-0.3, -0.25) is 4.68 Å². The fourth-order valence-electron chi connectivity index (χ4n) is 3.48. The third-order valence-electron chi connectivity index (χ3n) is 4.84. The summed E-state index contributed by atoms with van der Waals surface area (Å²) in [5.41, 5.74) is 1.72. The smallest absolute Gasteiger partial charge is 0.410 e. The van der Waals surface area contributed by atoms with E-state index >= 15 is 0 Å². The largest absolute Gasteiger partial charge is 0.506 e. The van der Waals surface area contributed by atoms with Gasteiger partial charge in [0.15, 0.2) is 0 Å². The lowest BCUT2D eigenvalue weighted by atomic mass is 10.1. The number of amides is 1. The monoisotopic (exact) mass is 394 g/mol. The standard InChI is InChI=1S/C20H22N6O3/c1-20(2,3)29-19(28)24-5-4-16(12-24)25-11-15(9-22-25)13-6-17(27)18-14(7-21)8-23-26(18)10-13/h6,8-11,16,27H,4-5,12H2,1-3H3. The molecule has 1 saturated heterocycles. The van der Waals surface area contributed by atoms with Crippen molar-refractivity contribution in [1.82, 2.24) is 24.3 Å². The van der Waals surface area contributed by atoms with Crippen molar-refractivity contribution in [2.45, 2.75) is 38.8 Å². The summed E-state index contributed by atoms with van der Waals surface area (Å²) in [7, 11) is 0. The highest BCUT2D eigenvalue weighted by atomic mass is 16.6. The lowest BCUT2D eigenvalue weighted by molar-refractivity contribution is 0.0288. The number of fused-ring (bicyclic) bond motifs is 1. The number of pyridine rings is 1. The molecule has 0 radical (unpaired) electrons. The Morgan fingerprint density at radius 3 is 2.79 bits per heavy atom. The van der Waals surface area contributed by atoms with Gasteiger partial charge in [-0.1, -0.05) is 0 Å². The van der Waals surface area contributed by atoms with Gasteiger partial charge in [-0.2, -0.15) is 15.5 Å². The molecule has 150 valence electrons. The number of hydrogen-bond acceptors (Lipinski definition) is 6. The lowest BCUT2D eigenvalue weighted by Gasteiger charge is -2.24. The zero-order valence-electron chi connectivity index (χ0n) is 16.5. The summed E-state index contributed by atoms with van der Waals surface area (Å²) >= 11 is 0. The molecule has 0 spiro atoms. The zero-order valence-corrected chi connectivity index (χ0v) is 16.5. The molecule has 1 aliphatic heterocycles. The SMILES string of the molecule is CC(C)(C)OC(=O)N1CCC(n2cc(-c3cc(O)c4c(C#N)cnn4c3)cn2)C1. The molecular weight excluding hydrogens is 372 g/mol. The van der Waals surface area contributed by atoms with Gasteiger partial charge in [0.1, 0.15) is 28.5 Å². The second-order valence-corrected chi connectivity index (χ2v) is 8.16. The van der Waals surface area contributed by atoms with Crippen molar-refractivity contribution in [2.24, 2.45) is 0 Å². The molecule has 1 unspecified atom stereocenters. The van der Waals surface area contributed by atoms with Gasteiger partial charge < -0.3 is 14.7 Å². The summed E-state index contributed by atoms with van der Waals surface area (Å²) in [5.74, 6) is -0.0127. The number of aromatic hydroxyl groups is 1. The highest BCUT2D eigenvalue weighted by Crippen LogP contribution is 2.30. The molecule has 1 N–H and O–H groups in total. The lowest BCUT2D eigenvalue weighted by Crippen LogP contribution is -2.35. The molecular formula is C20H22N6O3. The molecule has 29 heavy (non-hydrogen) atoms. The Bertz CT molecular complexity index is 1120. The predicted molar refractivity (Wildman–Crippen MR) is 104 cm³/mol. The van der Waals surface area contributed by atoms with E-state index in [9.17, 15) is 9.90 Å². The van der Waals surface area contributed by atoms with E-state index in [0.29, 0.717) is 24.2 Å². The number of rotatable bonds is 2. The van der Waals surface area contributed by atoms with Crippen LogP contribution in [0.5, 0.6) is 5.75 Å². The maximum Gasteiger partial charge on any atom is 0.410 e. The minimum absolute atomic E-state index is 0.0127. The Labute approximate surface area is 167 Å². The van der Waals surface area contributed by atoms with Crippen molar-refractivity contribution in [3.63, 3.8) is 0 Å². The molecule has 1 fully saturated rings. The van der Waals surface area contributed by atoms with Crippen molar-refractivity contribution >= 4 is 11.6 Å². The van der Waals surface area contributed by atoms with Gasteiger partial charge in [0.25, 0.3) is 0 Å². The molecule has 1 aliphatic rings. The highest BCUT2D eigenvalue weighted by Gasteiger charge is 2.31. The molecule has 0 bridgehead atoms. The number of nitrogens with zero attached hydrogens (tertiary/aromatic N) is 6. The first-order valence-electron chi connectivity index (χ1n) is 9.38. The van der Waals surface area contributed by atoms with Crippen molar-refractivity contribution in [1.29, 1.82) is 5.26 Å². The number of likely N-dealkylation sites (tertiary alicyclic amines) is 1. The van der Waals surface area contributed by atoms with Crippen LogP contribution < -0.4 is 0 Å². The Hall–Kier alpha value is -3.54. The third kappa shape index (κ3) is 3.61. The molecule has 1 atom stereocenters. The number of nitriles is 1. The zero-order chi connectivity index (χ0) is 20.8. The molecule has 1 amide bonds. The molecule has 0 aromatic carbocycles.